The van der Waals surface area contributed by atoms with E-state index in [9.17, 15) is 4.79 Å². The first-order valence-electron chi connectivity index (χ1n) is 11.1. The zero-order chi connectivity index (χ0) is 22.5. The summed E-state index contributed by atoms with van der Waals surface area (Å²) in [5.74, 6) is -0.0586. The van der Waals surface area contributed by atoms with Crippen LogP contribution < -0.4 is 5.32 Å². The number of amides is 1. The van der Waals surface area contributed by atoms with Crippen molar-refractivity contribution in [1.29, 1.82) is 0 Å². The molecule has 0 aliphatic rings. The van der Waals surface area contributed by atoms with Crippen molar-refractivity contribution < 1.29 is 4.79 Å². The van der Waals surface area contributed by atoms with Gasteiger partial charge in [-0.25, -0.2) is 0 Å². The predicted octanol–water partition coefficient (Wildman–Crippen LogP) is 8.07. The molecule has 0 radical (unpaired) electrons. The van der Waals surface area contributed by atoms with Crippen LogP contribution in [0.5, 0.6) is 0 Å². The first-order chi connectivity index (χ1) is 15.3. The van der Waals surface area contributed by atoms with Crippen LogP contribution in [0.3, 0.4) is 0 Å². The number of hydrogen-bond acceptors (Lipinski definition) is 1. The largest absolute Gasteiger partial charge is 0.326 e. The lowest BCUT2D eigenvalue weighted by molar-refractivity contribution is -0.114. The Labute approximate surface area is 188 Å². The SMILES string of the molecule is CC(=O)Nc1ccc2c(-c3cccc4ccccc34)c3ccccc3c(C(C)(C)C)c2c1. The molecule has 0 aliphatic heterocycles. The van der Waals surface area contributed by atoms with E-state index in [-0.39, 0.29) is 11.3 Å². The van der Waals surface area contributed by atoms with Gasteiger partial charge in [0.1, 0.15) is 0 Å². The summed E-state index contributed by atoms with van der Waals surface area (Å²) in [4.78, 5) is 11.8. The van der Waals surface area contributed by atoms with E-state index < -0.39 is 0 Å². The molecule has 1 N–H and O–H groups in total. The van der Waals surface area contributed by atoms with E-state index in [2.05, 4.69) is 105 Å². The number of hydrogen-bond donors (Lipinski definition) is 1. The molecule has 1 amide bonds. The number of carbonyl (C=O) groups is 1. The Kier molecular flexibility index (Phi) is 4.74. The topological polar surface area (TPSA) is 29.1 Å². The van der Waals surface area contributed by atoms with Gasteiger partial charge in [-0.05, 0) is 66.6 Å². The third-order valence-electron chi connectivity index (χ3n) is 6.15. The highest BCUT2D eigenvalue weighted by Gasteiger charge is 2.24. The summed E-state index contributed by atoms with van der Waals surface area (Å²) in [5.41, 5.74) is 4.55. The minimum atomic E-state index is -0.0655. The van der Waals surface area contributed by atoms with Crippen molar-refractivity contribution in [2.45, 2.75) is 33.1 Å². The second-order valence-electron chi connectivity index (χ2n) is 9.51. The molecule has 158 valence electrons. The molecule has 0 saturated carbocycles. The second-order valence-corrected chi connectivity index (χ2v) is 9.51. The van der Waals surface area contributed by atoms with Crippen molar-refractivity contribution in [3.63, 3.8) is 0 Å². The normalized spacial score (nSPS) is 11.9. The van der Waals surface area contributed by atoms with Crippen LogP contribution in [-0.2, 0) is 10.2 Å². The van der Waals surface area contributed by atoms with E-state index in [1.807, 2.05) is 6.07 Å². The second kappa shape index (κ2) is 7.49. The summed E-state index contributed by atoms with van der Waals surface area (Å²) in [6.45, 7) is 8.33. The van der Waals surface area contributed by atoms with Crippen LogP contribution in [0.1, 0.15) is 33.3 Å². The van der Waals surface area contributed by atoms with Crippen LogP contribution in [0, 0.1) is 0 Å². The molecule has 0 bridgehead atoms. The number of nitrogens with one attached hydrogen (secondary N) is 1. The third-order valence-corrected chi connectivity index (χ3v) is 6.15. The molecule has 0 heterocycles. The van der Waals surface area contributed by atoms with Crippen molar-refractivity contribution in [3.8, 4) is 11.1 Å². The zero-order valence-electron chi connectivity index (χ0n) is 19.0. The highest BCUT2D eigenvalue weighted by molar-refractivity contribution is 6.19. The zero-order valence-corrected chi connectivity index (χ0v) is 19.0. The monoisotopic (exact) mass is 417 g/mol. The van der Waals surface area contributed by atoms with Crippen LogP contribution in [-0.4, -0.2) is 5.91 Å². The molecule has 0 unspecified atom stereocenters. The molecule has 5 aromatic carbocycles. The molecule has 2 nitrogen and oxygen atoms in total. The van der Waals surface area contributed by atoms with Gasteiger partial charge in [-0.1, -0.05) is 93.6 Å². The van der Waals surface area contributed by atoms with Crippen LogP contribution in [0.4, 0.5) is 5.69 Å². The van der Waals surface area contributed by atoms with Crippen LogP contribution in [0.15, 0.2) is 84.9 Å². The number of carbonyl (C=O) groups excluding carboxylic acids is 1. The lowest BCUT2D eigenvalue weighted by Gasteiger charge is -2.27. The fourth-order valence-corrected chi connectivity index (χ4v) is 5.00. The number of anilines is 1. The minimum Gasteiger partial charge on any atom is -0.326 e. The molecule has 32 heavy (non-hydrogen) atoms. The molecule has 0 spiro atoms. The van der Waals surface area contributed by atoms with Gasteiger partial charge < -0.3 is 5.32 Å². The molecule has 0 atom stereocenters. The third kappa shape index (κ3) is 3.33. The molecular weight excluding hydrogens is 390 g/mol. The first kappa shape index (κ1) is 20.3. The van der Waals surface area contributed by atoms with E-state index in [1.54, 1.807) is 6.92 Å². The maximum Gasteiger partial charge on any atom is 0.221 e. The van der Waals surface area contributed by atoms with Gasteiger partial charge in [0, 0.05) is 12.6 Å². The minimum absolute atomic E-state index is 0.0586. The summed E-state index contributed by atoms with van der Waals surface area (Å²) in [6.07, 6.45) is 0. The van der Waals surface area contributed by atoms with Crippen molar-refractivity contribution in [1.82, 2.24) is 0 Å². The average Bonchev–Trinajstić information content (AvgIpc) is 2.75. The molecule has 5 rings (SSSR count). The number of benzene rings is 5. The van der Waals surface area contributed by atoms with Crippen molar-refractivity contribution in [2.75, 3.05) is 5.32 Å². The number of fused-ring (bicyclic) bond motifs is 3. The molecule has 0 fully saturated rings. The van der Waals surface area contributed by atoms with Crippen LogP contribution in [0.2, 0.25) is 0 Å². The van der Waals surface area contributed by atoms with Crippen molar-refractivity contribution in [3.05, 3.63) is 90.5 Å². The molecular formula is C30H27NO. The maximum atomic E-state index is 11.8. The van der Waals surface area contributed by atoms with E-state index in [0.717, 1.165) is 5.69 Å². The van der Waals surface area contributed by atoms with E-state index in [1.165, 1.54) is 49.0 Å². The Morgan fingerprint density at radius 2 is 1.31 bits per heavy atom. The van der Waals surface area contributed by atoms with Gasteiger partial charge in [0.15, 0.2) is 0 Å². The molecule has 0 saturated heterocycles. The van der Waals surface area contributed by atoms with Gasteiger partial charge in [-0.3, -0.25) is 4.79 Å². The maximum absolute atomic E-state index is 11.8. The molecule has 0 aromatic heterocycles. The van der Waals surface area contributed by atoms with E-state index in [4.69, 9.17) is 0 Å². The summed E-state index contributed by atoms with van der Waals surface area (Å²) >= 11 is 0. The van der Waals surface area contributed by atoms with Crippen molar-refractivity contribution >= 4 is 43.9 Å². The predicted molar refractivity (Wildman–Crippen MR) is 137 cm³/mol. The Bertz CT molecular complexity index is 1500. The number of rotatable bonds is 2. The fourth-order valence-electron chi connectivity index (χ4n) is 5.00. The first-order valence-corrected chi connectivity index (χ1v) is 11.1. The Morgan fingerprint density at radius 1 is 0.688 bits per heavy atom. The molecule has 5 aromatic rings. The Balaban J connectivity index is 2.00. The lowest BCUT2D eigenvalue weighted by atomic mass is 9.77. The molecule has 2 heteroatoms. The van der Waals surface area contributed by atoms with Gasteiger partial charge in [-0.15, -0.1) is 0 Å². The van der Waals surface area contributed by atoms with Gasteiger partial charge >= 0.3 is 0 Å². The standard InChI is InChI=1S/C30H27NO/c1-19(32)31-21-16-17-25-27(18-21)29(30(2,3)4)26-14-8-7-13-24(26)28(25)23-15-9-11-20-10-5-6-12-22(20)23/h5-18H,1-4H3,(H,31,32). The van der Waals surface area contributed by atoms with Crippen LogP contribution >= 0.6 is 0 Å². The van der Waals surface area contributed by atoms with Gasteiger partial charge in [0.25, 0.3) is 0 Å². The Hall–Kier alpha value is -3.65. The van der Waals surface area contributed by atoms with Gasteiger partial charge in [-0.2, -0.15) is 0 Å². The van der Waals surface area contributed by atoms with E-state index >= 15 is 0 Å². The highest BCUT2D eigenvalue weighted by Crippen LogP contribution is 2.45. The van der Waals surface area contributed by atoms with Gasteiger partial charge in [0.2, 0.25) is 5.91 Å². The summed E-state index contributed by atoms with van der Waals surface area (Å²) in [7, 11) is 0. The summed E-state index contributed by atoms with van der Waals surface area (Å²) in [6, 6.07) is 30.1. The summed E-state index contributed by atoms with van der Waals surface area (Å²) < 4.78 is 0. The Morgan fingerprint density at radius 3 is 2.03 bits per heavy atom. The average molecular weight is 418 g/mol. The fraction of sp³-hybridized carbons (Fsp3) is 0.167. The quantitative estimate of drug-likeness (QED) is 0.289. The smallest absolute Gasteiger partial charge is 0.221 e. The van der Waals surface area contributed by atoms with E-state index in [0.29, 0.717) is 0 Å². The lowest BCUT2D eigenvalue weighted by Crippen LogP contribution is -2.13. The molecule has 0 aliphatic carbocycles. The van der Waals surface area contributed by atoms with Crippen molar-refractivity contribution in [2.24, 2.45) is 0 Å². The highest BCUT2D eigenvalue weighted by atomic mass is 16.1. The summed E-state index contributed by atoms with van der Waals surface area (Å²) in [5, 5.41) is 10.4. The van der Waals surface area contributed by atoms with Crippen LogP contribution in [0.25, 0.3) is 43.4 Å². The van der Waals surface area contributed by atoms with Gasteiger partial charge in [0.05, 0.1) is 0 Å².